The van der Waals surface area contributed by atoms with Gasteiger partial charge in [-0.25, -0.2) is 9.97 Å². The topological polar surface area (TPSA) is 50.3 Å². The maximum atomic E-state index is 5.07. The molecule has 0 unspecified atom stereocenters. The van der Waals surface area contributed by atoms with Gasteiger partial charge in [0, 0.05) is 52.4 Å². The van der Waals surface area contributed by atoms with Crippen molar-refractivity contribution in [1.82, 2.24) is 15.3 Å². The summed E-state index contributed by atoms with van der Waals surface area (Å²) in [6.45, 7) is 3.63. The van der Waals surface area contributed by atoms with E-state index in [-0.39, 0.29) is 0 Å². The SMILES string of the molecule is COCCCN(C)c1ncnc2c1CNCC2. The third-order valence-corrected chi connectivity index (χ3v) is 3.06. The number of rotatable bonds is 5. The smallest absolute Gasteiger partial charge is 0.136 e. The quantitative estimate of drug-likeness (QED) is 0.759. The van der Waals surface area contributed by atoms with Gasteiger partial charge in [-0.3, -0.25) is 0 Å². The monoisotopic (exact) mass is 236 g/mol. The van der Waals surface area contributed by atoms with Gasteiger partial charge in [-0.15, -0.1) is 0 Å². The van der Waals surface area contributed by atoms with E-state index in [4.69, 9.17) is 4.74 Å². The Kier molecular flexibility index (Phi) is 4.28. The summed E-state index contributed by atoms with van der Waals surface area (Å²) >= 11 is 0. The van der Waals surface area contributed by atoms with Gasteiger partial charge in [-0.1, -0.05) is 0 Å². The van der Waals surface area contributed by atoms with Crippen molar-refractivity contribution in [3.63, 3.8) is 0 Å². The summed E-state index contributed by atoms with van der Waals surface area (Å²) in [6, 6.07) is 0. The van der Waals surface area contributed by atoms with Crippen LogP contribution in [0, 0.1) is 0 Å². The molecule has 0 amide bonds. The standard InChI is InChI=1S/C12H20N4O/c1-16(6-3-7-17-2)12-10-8-13-5-4-11(10)14-9-15-12/h9,13H,3-8H2,1-2H3. The first-order chi connectivity index (χ1) is 8.33. The second-order valence-corrected chi connectivity index (χ2v) is 4.32. The molecule has 1 N–H and O–H groups in total. The molecule has 2 rings (SSSR count). The highest BCUT2D eigenvalue weighted by Crippen LogP contribution is 2.21. The van der Waals surface area contributed by atoms with Gasteiger partial charge in [0.1, 0.15) is 12.1 Å². The molecular weight excluding hydrogens is 216 g/mol. The fourth-order valence-electron chi connectivity index (χ4n) is 2.14. The highest BCUT2D eigenvalue weighted by atomic mass is 16.5. The summed E-state index contributed by atoms with van der Waals surface area (Å²) in [7, 11) is 3.81. The average molecular weight is 236 g/mol. The third kappa shape index (κ3) is 2.92. The van der Waals surface area contributed by atoms with Crippen LogP contribution in [0.2, 0.25) is 0 Å². The molecule has 5 heteroatoms. The van der Waals surface area contributed by atoms with Crippen molar-refractivity contribution < 1.29 is 4.74 Å². The predicted octanol–water partition coefficient (Wildman–Crippen LogP) is 0.595. The van der Waals surface area contributed by atoms with Gasteiger partial charge in [-0.2, -0.15) is 0 Å². The predicted molar refractivity (Wildman–Crippen MR) is 67.2 cm³/mol. The molecule has 0 bridgehead atoms. The first-order valence-electron chi connectivity index (χ1n) is 6.06. The van der Waals surface area contributed by atoms with Crippen LogP contribution in [-0.4, -0.2) is 43.8 Å². The van der Waals surface area contributed by atoms with E-state index < -0.39 is 0 Å². The lowest BCUT2D eigenvalue weighted by molar-refractivity contribution is 0.196. The molecule has 1 aromatic rings. The van der Waals surface area contributed by atoms with Gasteiger partial charge in [-0.05, 0) is 6.42 Å². The van der Waals surface area contributed by atoms with Crippen LogP contribution in [0.5, 0.6) is 0 Å². The van der Waals surface area contributed by atoms with Crippen LogP contribution in [0.15, 0.2) is 6.33 Å². The normalized spacial score (nSPS) is 14.5. The summed E-state index contributed by atoms with van der Waals surface area (Å²) in [4.78, 5) is 10.9. The lowest BCUT2D eigenvalue weighted by Gasteiger charge is -2.24. The van der Waals surface area contributed by atoms with Gasteiger partial charge in [0.05, 0.1) is 5.69 Å². The lowest BCUT2D eigenvalue weighted by atomic mass is 10.1. The molecule has 1 aliphatic heterocycles. The van der Waals surface area contributed by atoms with Crippen LogP contribution in [-0.2, 0) is 17.7 Å². The highest BCUT2D eigenvalue weighted by molar-refractivity contribution is 5.48. The van der Waals surface area contributed by atoms with Crippen molar-refractivity contribution in [3.05, 3.63) is 17.6 Å². The molecule has 2 heterocycles. The number of ether oxygens (including phenoxy) is 1. The summed E-state index contributed by atoms with van der Waals surface area (Å²) in [5, 5.41) is 3.37. The fourth-order valence-corrected chi connectivity index (χ4v) is 2.14. The average Bonchev–Trinajstić information content (AvgIpc) is 2.38. The van der Waals surface area contributed by atoms with Crippen LogP contribution in [0.1, 0.15) is 17.7 Å². The Morgan fingerprint density at radius 1 is 1.47 bits per heavy atom. The number of nitrogens with zero attached hydrogens (tertiary/aromatic N) is 3. The Morgan fingerprint density at radius 3 is 3.18 bits per heavy atom. The highest BCUT2D eigenvalue weighted by Gasteiger charge is 2.17. The lowest BCUT2D eigenvalue weighted by Crippen LogP contribution is -2.29. The zero-order chi connectivity index (χ0) is 12.1. The summed E-state index contributed by atoms with van der Waals surface area (Å²) < 4.78 is 5.07. The van der Waals surface area contributed by atoms with Gasteiger partial charge in [0.2, 0.25) is 0 Å². The van der Waals surface area contributed by atoms with E-state index in [1.54, 1.807) is 13.4 Å². The molecule has 0 saturated heterocycles. The molecule has 1 aromatic heterocycles. The number of hydrogen-bond donors (Lipinski definition) is 1. The van der Waals surface area contributed by atoms with E-state index in [1.165, 1.54) is 11.3 Å². The van der Waals surface area contributed by atoms with E-state index in [2.05, 4.69) is 27.2 Å². The molecule has 0 radical (unpaired) electrons. The minimum atomic E-state index is 0.788. The third-order valence-electron chi connectivity index (χ3n) is 3.06. The van der Waals surface area contributed by atoms with Gasteiger partial charge >= 0.3 is 0 Å². The number of methoxy groups -OCH3 is 1. The zero-order valence-corrected chi connectivity index (χ0v) is 10.6. The van der Waals surface area contributed by atoms with Gasteiger partial charge in [0.15, 0.2) is 0 Å². The Labute approximate surface area is 102 Å². The molecule has 0 aliphatic carbocycles. The molecule has 0 fully saturated rings. The van der Waals surface area contributed by atoms with Crippen molar-refractivity contribution in [2.24, 2.45) is 0 Å². The van der Waals surface area contributed by atoms with E-state index in [1.807, 2.05) is 0 Å². The van der Waals surface area contributed by atoms with Crippen molar-refractivity contribution >= 4 is 5.82 Å². The summed E-state index contributed by atoms with van der Waals surface area (Å²) in [6.07, 6.45) is 3.68. The van der Waals surface area contributed by atoms with E-state index in [9.17, 15) is 0 Å². The Hall–Kier alpha value is -1.20. The molecule has 0 atom stereocenters. The second-order valence-electron chi connectivity index (χ2n) is 4.32. The fraction of sp³-hybridized carbons (Fsp3) is 0.667. The van der Waals surface area contributed by atoms with Crippen molar-refractivity contribution in [2.75, 3.05) is 38.8 Å². The number of aromatic nitrogens is 2. The minimum absolute atomic E-state index is 0.788. The molecule has 0 saturated carbocycles. The molecular formula is C12H20N4O. The Balaban J connectivity index is 2.09. The van der Waals surface area contributed by atoms with E-state index in [0.29, 0.717) is 0 Å². The Bertz CT molecular complexity index is 370. The summed E-state index contributed by atoms with van der Waals surface area (Å²) in [5.74, 6) is 1.05. The van der Waals surface area contributed by atoms with Crippen molar-refractivity contribution in [1.29, 1.82) is 0 Å². The molecule has 94 valence electrons. The first kappa shape index (κ1) is 12.3. The largest absolute Gasteiger partial charge is 0.385 e. The van der Waals surface area contributed by atoms with Crippen LogP contribution < -0.4 is 10.2 Å². The molecule has 5 nitrogen and oxygen atoms in total. The maximum Gasteiger partial charge on any atom is 0.136 e. The van der Waals surface area contributed by atoms with E-state index in [0.717, 1.165) is 44.9 Å². The number of nitrogens with one attached hydrogen (secondary N) is 1. The van der Waals surface area contributed by atoms with Gasteiger partial charge < -0.3 is 15.0 Å². The molecule has 1 aliphatic rings. The Morgan fingerprint density at radius 2 is 2.35 bits per heavy atom. The van der Waals surface area contributed by atoms with Crippen molar-refractivity contribution in [3.8, 4) is 0 Å². The van der Waals surface area contributed by atoms with Crippen LogP contribution in [0.3, 0.4) is 0 Å². The zero-order valence-electron chi connectivity index (χ0n) is 10.6. The van der Waals surface area contributed by atoms with Crippen LogP contribution >= 0.6 is 0 Å². The van der Waals surface area contributed by atoms with Crippen LogP contribution in [0.25, 0.3) is 0 Å². The molecule has 0 spiro atoms. The van der Waals surface area contributed by atoms with Crippen LogP contribution in [0.4, 0.5) is 5.82 Å². The maximum absolute atomic E-state index is 5.07. The number of hydrogen-bond acceptors (Lipinski definition) is 5. The number of anilines is 1. The second kappa shape index (κ2) is 5.93. The van der Waals surface area contributed by atoms with E-state index >= 15 is 0 Å². The first-order valence-corrected chi connectivity index (χ1v) is 6.06. The molecule has 17 heavy (non-hydrogen) atoms. The van der Waals surface area contributed by atoms with Gasteiger partial charge in [0.25, 0.3) is 0 Å². The number of fused-ring (bicyclic) bond motifs is 1. The van der Waals surface area contributed by atoms with Crippen molar-refractivity contribution in [2.45, 2.75) is 19.4 Å². The summed E-state index contributed by atoms with van der Waals surface area (Å²) in [5.41, 5.74) is 2.44. The molecule has 0 aromatic carbocycles. The minimum Gasteiger partial charge on any atom is -0.385 e.